The summed E-state index contributed by atoms with van der Waals surface area (Å²) in [6, 6.07) is 13.5. The number of anilines is 1. The van der Waals surface area contributed by atoms with Crippen LogP contribution < -0.4 is 14.4 Å². The van der Waals surface area contributed by atoms with Crippen molar-refractivity contribution in [3.05, 3.63) is 92.0 Å². The van der Waals surface area contributed by atoms with E-state index in [0.717, 1.165) is 27.1 Å². The predicted molar refractivity (Wildman–Crippen MR) is 147 cm³/mol. The van der Waals surface area contributed by atoms with Gasteiger partial charge < -0.3 is 10.1 Å². The van der Waals surface area contributed by atoms with Crippen LogP contribution in [-0.4, -0.2) is 32.9 Å². The van der Waals surface area contributed by atoms with Crippen LogP contribution in [0.1, 0.15) is 41.6 Å². The lowest BCUT2D eigenvalue weighted by molar-refractivity contribution is -0.385. The van der Waals surface area contributed by atoms with Gasteiger partial charge in [-0.2, -0.15) is 0 Å². The number of carbonyl (C=O) groups excluding carboxylic acids is 1. The number of halogens is 1. The quantitative estimate of drug-likeness (QED) is 0.253. The molecule has 11 heteroatoms. The third-order valence-electron chi connectivity index (χ3n) is 6.21. The number of methoxy groups -OCH3 is 1. The minimum absolute atomic E-state index is 0.0259. The molecule has 3 aromatic carbocycles. The Labute approximate surface area is 227 Å². The van der Waals surface area contributed by atoms with Gasteiger partial charge in [-0.3, -0.25) is 19.2 Å². The fourth-order valence-electron chi connectivity index (χ4n) is 4.22. The number of amides is 1. The number of hydrogen-bond donors (Lipinski definition) is 1. The van der Waals surface area contributed by atoms with E-state index in [-0.39, 0.29) is 33.1 Å². The minimum Gasteiger partial charge on any atom is -0.495 e. The summed E-state index contributed by atoms with van der Waals surface area (Å²) in [5.74, 6) is -0.405. The van der Waals surface area contributed by atoms with Crippen molar-refractivity contribution in [2.45, 2.75) is 45.1 Å². The number of nitro benzene ring substituents is 1. The Kier molecular flexibility index (Phi) is 9.01. The molecule has 0 bridgehead atoms. The van der Waals surface area contributed by atoms with Gasteiger partial charge >= 0.3 is 0 Å². The van der Waals surface area contributed by atoms with Crippen LogP contribution in [-0.2, 0) is 14.8 Å². The maximum atomic E-state index is 13.9. The molecule has 9 nitrogen and oxygen atoms in total. The molecule has 1 unspecified atom stereocenters. The largest absolute Gasteiger partial charge is 0.495 e. The third-order valence-corrected chi connectivity index (χ3v) is 8.20. The van der Waals surface area contributed by atoms with E-state index in [0.29, 0.717) is 12.0 Å². The highest BCUT2D eigenvalue weighted by Crippen LogP contribution is 2.36. The van der Waals surface area contributed by atoms with Gasteiger partial charge in [0.2, 0.25) is 5.91 Å². The van der Waals surface area contributed by atoms with Crippen molar-refractivity contribution < 1.29 is 22.9 Å². The second-order valence-corrected chi connectivity index (χ2v) is 11.2. The highest BCUT2D eigenvalue weighted by Gasteiger charge is 2.32. The Morgan fingerprint density at radius 3 is 2.39 bits per heavy atom. The zero-order chi connectivity index (χ0) is 28.2. The van der Waals surface area contributed by atoms with Crippen molar-refractivity contribution in [2.75, 3.05) is 18.0 Å². The van der Waals surface area contributed by atoms with E-state index in [1.54, 1.807) is 0 Å². The van der Waals surface area contributed by atoms with Crippen LogP contribution in [0, 0.1) is 30.9 Å². The summed E-state index contributed by atoms with van der Waals surface area (Å²) in [6.07, 6.45) is 0.576. The topological polar surface area (TPSA) is 119 Å². The number of hydrogen-bond acceptors (Lipinski definition) is 6. The molecule has 38 heavy (non-hydrogen) atoms. The van der Waals surface area contributed by atoms with Crippen molar-refractivity contribution in [3.8, 4) is 5.75 Å². The van der Waals surface area contributed by atoms with E-state index in [4.69, 9.17) is 16.3 Å². The molecule has 0 heterocycles. The van der Waals surface area contributed by atoms with Crippen LogP contribution in [0.3, 0.4) is 0 Å². The number of rotatable bonds is 10. The highest BCUT2D eigenvalue weighted by molar-refractivity contribution is 7.92. The SMILES string of the molecule is CCC(NC(=O)CN(c1cc(Cl)ccc1OC)S(=O)(=O)c1ccc(C)c([N+](=O)[O-])c1)c1ccc(C)cc1C. The van der Waals surface area contributed by atoms with Crippen LogP contribution in [0.4, 0.5) is 11.4 Å². The fraction of sp³-hybridized carbons (Fsp3) is 0.296. The Morgan fingerprint density at radius 2 is 1.79 bits per heavy atom. The molecule has 0 spiro atoms. The van der Waals surface area contributed by atoms with Gasteiger partial charge in [-0.15, -0.1) is 0 Å². The first-order valence-corrected chi connectivity index (χ1v) is 13.7. The van der Waals surface area contributed by atoms with Crippen LogP contribution in [0.5, 0.6) is 5.75 Å². The summed E-state index contributed by atoms with van der Waals surface area (Å²) in [5.41, 5.74) is 3.00. The first-order chi connectivity index (χ1) is 17.9. The standard InChI is InChI=1S/C27H30ClN3O6S/c1-6-23(22-11-7-17(2)13-19(22)4)29-27(32)16-30(25-14-20(28)9-12-26(25)37-5)38(35,36)21-10-8-18(3)24(15-21)31(33)34/h7-15,23H,6,16H2,1-5H3,(H,29,32). The number of nitro groups is 1. The summed E-state index contributed by atoms with van der Waals surface area (Å²) in [4.78, 5) is 23.8. The maximum absolute atomic E-state index is 13.9. The van der Waals surface area contributed by atoms with Gasteiger partial charge in [0.15, 0.2) is 0 Å². The Bertz CT molecular complexity index is 1480. The summed E-state index contributed by atoms with van der Waals surface area (Å²) >= 11 is 6.19. The van der Waals surface area contributed by atoms with Crippen LogP contribution in [0.2, 0.25) is 5.02 Å². The highest BCUT2D eigenvalue weighted by atomic mass is 35.5. The van der Waals surface area contributed by atoms with Crippen LogP contribution in [0.25, 0.3) is 0 Å². The van der Waals surface area contributed by atoms with Crippen LogP contribution >= 0.6 is 11.6 Å². The molecular weight excluding hydrogens is 530 g/mol. The number of benzene rings is 3. The van der Waals surface area contributed by atoms with Gasteiger partial charge in [-0.1, -0.05) is 48.4 Å². The van der Waals surface area contributed by atoms with Gasteiger partial charge in [0, 0.05) is 16.7 Å². The number of nitrogens with zero attached hydrogens (tertiary/aromatic N) is 2. The molecule has 3 aromatic rings. The summed E-state index contributed by atoms with van der Waals surface area (Å²) < 4.78 is 34.0. The molecule has 0 saturated heterocycles. The number of carbonyl (C=O) groups is 1. The molecule has 3 rings (SSSR count). The zero-order valence-electron chi connectivity index (χ0n) is 21.8. The van der Waals surface area contributed by atoms with Crippen LogP contribution in [0.15, 0.2) is 59.5 Å². The summed E-state index contributed by atoms with van der Waals surface area (Å²) in [7, 11) is -3.10. The number of aryl methyl sites for hydroxylation is 3. The fourth-order valence-corrected chi connectivity index (χ4v) is 5.83. The normalized spacial score (nSPS) is 12.1. The number of sulfonamides is 1. The van der Waals surface area contributed by atoms with E-state index < -0.39 is 27.4 Å². The molecule has 0 aliphatic rings. The minimum atomic E-state index is -4.46. The molecular formula is C27H30ClN3O6S. The maximum Gasteiger partial charge on any atom is 0.273 e. The predicted octanol–water partition coefficient (Wildman–Crippen LogP) is 5.64. The average Bonchev–Trinajstić information content (AvgIpc) is 2.86. The molecule has 0 aliphatic heterocycles. The van der Waals surface area contributed by atoms with Gasteiger partial charge in [-0.05, 0) is 62.6 Å². The molecule has 1 amide bonds. The first kappa shape index (κ1) is 28.9. The zero-order valence-corrected chi connectivity index (χ0v) is 23.4. The molecule has 0 aliphatic carbocycles. The molecule has 0 saturated carbocycles. The summed E-state index contributed by atoms with van der Waals surface area (Å²) in [5, 5.41) is 14.6. The lowest BCUT2D eigenvalue weighted by Gasteiger charge is -2.27. The Hall–Kier alpha value is -3.63. The number of ether oxygens (including phenoxy) is 1. The first-order valence-electron chi connectivity index (χ1n) is 11.9. The molecule has 0 radical (unpaired) electrons. The van der Waals surface area contributed by atoms with Crippen molar-refractivity contribution in [2.24, 2.45) is 0 Å². The summed E-state index contributed by atoms with van der Waals surface area (Å²) in [6.45, 7) is 6.76. The third kappa shape index (κ3) is 6.25. The molecule has 0 fully saturated rings. The molecule has 1 atom stereocenters. The Balaban J connectivity index is 2.07. The lowest BCUT2D eigenvalue weighted by Crippen LogP contribution is -2.42. The van der Waals surface area contributed by atoms with E-state index in [1.165, 1.54) is 44.4 Å². The molecule has 202 valence electrons. The lowest BCUT2D eigenvalue weighted by atomic mass is 9.97. The number of nitrogens with one attached hydrogen (secondary N) is 1. The van der Waals surface area contributed by atoms with Crippen molar-refractivity contribution in [3.63, 3.8) is 0 Å². The van der Waals surface area contributed by atoms with Crippen molar-refractivity contribution in [1.29, 1.82) is 0 Å². The Morgan fingerprint density at radius 1 is 1.08 bits per heavy atom. The van der Waals surface area contributed by atoms with E-state index in [9.17, 15) is 23.3 Å². The molecule has 0 aromatic heterocycles. The van der Waals surface area contributed by atoms with Crippen molar-refractivity contribution >= 4 is 38.9 Å². The van der Waals surface area contributed by atoms with Gasteiger partial charge in [-0.25, -0.2) is 8.42 Å². The average molecular weight is 560 g/mol. The second kappa shape index (κ2) is 11.8. The molecule has 1 N–H and O–H groups in total. The van der Waals surface area contributed by atoms with E-state index in [1.807, 2.05) is 39.0 Å². The van der Waals surface area contributed by atoms with E-state index in [2.05, 4.69) is 5.32 Å². The van der Waals surface area contributed by atoms with Gasteiger partial charge in [0.05, 0.1) is 28.7 Å². The second-order valence-electron chi connectivity index (χ2n) is 8.92. The monoisotopic (exact) mass is 559 g/mol. The van der Waals surface area contributed by atoms with Gasteiger partial charge in [0.25, 0.3) is 15.7 Å². The van der Waals surface area contributed by atoms with Gasteiger partial charge in [0.1, 0.15) is 12.3 Å². The smallest absolute Gasteiger partial charge is 0.273 e. The van der Waals surface area contributed by atoms with E-state index >= 15 is 0 Å². The van der Waals surface area contributed by atoms with Crippen molar-refractivity contribution in [1.82, 2.24) is 5.32 Å².